The highest BCUT2D eigenvalue weighted by atomic mass is 16.3. The summed E-state index contributed by atoms with van der Waals surface area (Å²) in [6.07, 6.45) is 9.09. The topological polar surface area (TPSA) is 37.4 Å². The van der Waals surface area contributed by atoms with Crippen LogP contribution in [0.15, 0.2) is 35.4 Å². The highest BCUT2D eigenvalue weighted by Gasteiger charge is 2.36. The lowest BCUT2D eigenvalue weighted by molar-refractivity contribution is 0.142. The fraction of sp³-hybridized carbons (Fsp3) is 0.588. The Morgan fingerprint density at radius 2 is 1.95 bits per heavy atom. The Morgan fingerprint density at radius 3 is 2.73 bits per heavy atom. The van der Waals surface area contributed by atoms with E-state index in [-0.39, 0.29) is 0 Å². The second-order valence-corrected chi connectivity index (χ2v) is 6.89. The van der Waals surface area contributed by atoms with Gasteiger partial charge in [0.05, 0.1) is 18.7 Å². The van der Waals surface area contributed by atoms with Gasteiger partial charge in [-0.2, -0.15) is 5.10 Å². The van der Waals surface area contributed by atoms with E-state index in [9.17, 15) is 0 Å². The van der Waals surface area contributed by atoms with Gasteiger partial charge in [0, 0.05) is 57.1 Å². The molecule has 0 saturated carbocycles. The van der Waals surface area contributed by atoms with Gasteiger partial charge in [0.15, 0.2) is 0 Å². The molecule has 4 heterocycles. The molecule has 0 bridgehead atoms. The van der Waals surface area contributed by atoms with Gasteiger partial charge in [-0.05, 0) is 30.9 Å². The van der Waals surface area contributed by atoms with Crippen LogP contribution in [0.25, 0.3) is 0 Å². The Morgan fingerprint density at radius 1 is 1.14 bits per heavy atom. The zero-order valence-electron chi connectivity index (χ0n) is 13.2. The smallest absolute Gasteiger partial charge is 0.0947 e. The van der Waals surface area contributed by atoms with Gasteiger partial charge >= 0.3 is 0 Å². The monoisotopic (exact) mass is 300 g/mol. The van der Waals surface area contributed by atoms with Crippen molar-refractivity contribution in [1.82, 2.24) is 19.6 Å². The first-order valence-corrected chi connectivity index (χ1v) is 8.19. The molecule has 0 aliphatic carbocycles. The molecule has 0 spiro atoms. The molecule has 2 aromatic rings. The maximum atomic E-state index is 5.19. The number of fused-ring (bicyclic) bond motifs is 1. The number of furan rings is 1. The third kappa shape index (κ3) is 2.96. The van der Waals surface area contributed by atoms with E-state index in [1.165, 1.54) is 43.7 Å². The Balaban J connectivity index is 1.33. The predicted molar refractivity (Wildman–Crippen MR) is 84.1 cm³/mol. The molecule has 4 rings (SSSR count). The van der Waals surface area contributed by atoms with Crippen LogP contribution in [-0.2, 0) is 20.1 Å². The first-order chi connectivity index (χ1) is 10.8. The zero-order chi connectivity index (χ0) is 14.9. The van der Waals surface area contributed by atoms with Crippen molar-refractivity contribution >= 4 is 0 Å². The molecule has 2 aliphatic heterocycles. The summed E-state index contributed by atoms with van der Waals surface area (Å²) in [6.45, 7) is 6.98. The molecular formula is C17H24N4O. The van der Waals surface area contributed by atoms with Gasteiger partial charge in [-0.3, -0.25) is 14.5 Å². The largest absolute Gasteiger partial charge is 0.472 e. The molecule has 2 aromatic heterocycles. The van der Waals surface area contributed by atoms with Crippen LogP contribution in [0.4, 0.5) is 0 Å². The van der Waals surface area contributed by atoms with E-state index in [2.05, 4.69) is 27.2 Å². The predicted octanol–water partition coefficient (Wildman–Crippen LogP) is 1.97. The van der Waals surface area contributed by atoms with Gasteiger partial charge < -0.3 is 4.42 Å². The van der Waals surface area contributed by atoms with Crippen LogP contribution in [0.3, 0.4) is 0 Å². The third-order valence-corrected chi connectivity index (χ3v) is 5.11. The average Bonchev–Trinajstić information content (AvgIpc) is 3.20. The lowest BCUT2D eigenvalue weighted by atomic mass is 9.88. The van der Waals surface area contributed by atoms with Crippen molar-refractivity contribution in [2.45, 2.75) is 19.5 Å². The first-order valence-electron chi connectivity index (χ1n) is 8.19. The maximum absolute atomic E-state index is 5.19. The molecule has 22 heavy (non-hydrogen) atoms. The van der Waals surface area contributed by atoms with E-state index in [0.29, 0.717) is 0 Å². The first kappa shape index (κ1) is 14.0. The summed E-state index contributed by atoms with van der Waals surface area (Å²) in [5, 5.41) is 4.28. The number of piperidine rings is 1. The SMILES string of the molecule is Cn1cc(CN2CC[C@H]3CN(Cc4ccoc4)C[C@H]3C2)cn1. The van der Waals surface area contributed by atoms with E-state index in [0.717, 1.165) is 24.9 Å². The van der Waals surface area contributed by atoms with E-state index < -0.39 is 0 Å². The van der Waals surface area contributed by atoms with E-state index >= 15 is 0 Å². The Bertz CT molecular complexity index is 606. The van der Waals surface area contributed by atoms with Crippen LogP contribution in [-0.4, -0.2) is 45.8 Å². The second kappa shape index (κ2) is 5.89. The normalized spacial score (nSPS) is 26.4. The maximum Gasteiger partial charge on any atom is 0.0947 e. The zero-order valence-corrected chi connectivity index (χ0v) is 13.2. The minimum atomic E-state index is 0.817. The molecular weight excluding hydrogens is 276 g/mol. The lowest BCUT2D eigenvalue weighted by Crippen LogP contribution is -2.39. The fourth-order valence-electron chi connectivity index (χ4n) is 4.07. The molecule has 0 unspecified atom stereocenters. The van der Waals surface area contributed by atoms with Crippen LogP contribution in [0.1, 0.15) is 17.5 Å². The Hall–Kier alpha value is -1.59. The Labute approximate surface area is 131 Å². The van der Waals surface area contributed by atoms with Gasteiger partial charge in [-0.15, -0.1) is 0 Å². The quantitative estimate of drug-likeness (QED) is 0.865. The molecule has 2 saturated heterocycles. The summed E-state index contributed by atoms with van der Waals surface area (Å²) in [5.41, 5.74) is 2.63. The molecule has 2 fully saturated rings. The summed E-state index contributed by atoms with van der Waals surface area (Å²) in [7, 11) is 1.99. The summed E-state index contributed by atoms with van der Waals surface area (Å²) in [5.74, 6) is 1.69. The highest BCUT2D eigenvalue weighted by molar-refractivity contribution is 5.07. The molecule has 0 amide bonds. The average molecular weight is 300 g/mol. The van der Waals surface area contributed by atoms with Gasteiger partial charge in [0.1, 0.15) is 0 Å². The van der Waals surface area contributed by atoms with Crippen molar-refractivity contribution < 1.29 is 4.42 Å². The van der Waals surface area contributed by atoms with Crippen molar-refractivity contribution in [1.29, 1.82) is 0 Å². The summed E-state index contributed by atoms with van der Waals surface area (Å²) in [6, 6.07) is 2.08. The minimum Gasteiger partial charge on any atom is -0.472 e. The molecule has 2 atom stereocenters. The number of rotatable bonds is 4. The van der Waals surface area contributed by atoms with Crippen LogP contribution >= 0.6 is 0 Å². The van der Waals surface area contributed by atoms with Crippen molar-refractivity contribution in [2.75, 3.05) is 26.2 Å². The third-order valence-electron chi connectivity index (χ3n) is 5.11. The minimum absolute atomic E-state index is 0.817. The van der Waals surface area contributed by atoms with Crippen molar-refractivity contribution in [3.8, 4) is 0 Å². The number of aryl methyl sites for hydroxylation is 1. The highest BCUT2D eigenvalue weighted by Crippen LogP contribution is 2.32. The number of aromatic nitrogens is 2. The molecule has 0 aromatic carbocycles. The van der Waals surface area contributed by atoms with E-state index in [1.807, 2.05) is 24.2 Å². The summed E-state index contributed by atoms with van der Waals surface area (Å²) in [4.78, 5) is 5.19. The van der Waals surface area contributed by atoms with Crippen molar-refractivity contribution in [3.05, 3.63) is 42.1 Å². The number of hydrogen-bond donors (Lipinski definition) is 0. The molecule has 118 valence electrons. The number of hydrogen-bond acceptors (Lipinski definition) is 4. The molecule has 0 N–H and O–H groups in total. The van der Waals surface area contributed by atoms with Crippen LogP contribution in [0.5, 0.6) is 0 Å². The fourth-order valence-corrected chi connectivity index (χ4v) is 4.07. The second-order valence-electron chi connectivity index (χ2n) is 6.89. The van der Waals surface area contributed by atoms with Crippen LogP contribution in [0.2, 0.25) is 0 Å². The molecule has 5 nitrogen and oxygen atoms in total. The van der Waals surface area contributed by atoms with Crippen LogP contribution in [0, 0.1) is 11.8 Å². The van der Waals surface area contributed by atoms with Gasteiger partial charge in [-0.1, -0.05) is 0 Å². The van der Waals surface area contributed by atoms with E-state index in [1.54, 1.807) is 6.26 Å². The lowest BCUT2D eigenvalue weighted by Gasteiger charge is -2.34. The summed E-state index contributed by atoms with van der Waals surface area (Å²) >= 11 is 0. The Kier molecular flexibility index (Phi) is 3.76. The van der Waals surface area contributed by atoms with Crippen LogP contribution < -0.4 is 0 Å². The van der Waals surface area contributed by atoms with Gasteiger partial charge in [0.2, 0.25) is 0 Å². The van der Waals surface area contributed by atoms with Crippen molar-refractivity contribution in [3.63, 3.8) is 0 Å². The molecule has 0 radical (unpaired) electrons. The van der Waals surface area contributed by atoms with E-state index in [4.69, 9.17) is 4.42 Å². The molecule has 2 aliphatic rings. The standard InChI is InChI=1S/C17H24N4O/c1-19-7-15(6-18-19)9-20-4-2-16-10-21(12-17(16)11-20)8-14-3-5-22-13-14/h3,5-7,13,16-17H,2,4,8-12H2,1H3/t16-,17+/m0/s1. The van der Waals surface area contributed by atoms with Gasteiger partial charge in [-0.25, -0.2) is 0 Å². The molecule has 5 heteroatoms. The van der Waals surface area contributed by atoms with Gasteiger partial charge in [0.25, 0.3) is 0 Å². The number of nitrogens with zero attached hydrogens (tertiary/aromatic N) is 4. The number of likely N-dealkylation sites (tertiary alicyclic amines) is 2. The van der Waals surface area contributed by atoms with Crippen molar-refractivity contribution in [2.24, 2.45) is 18.9 Å². The summed E-state index contributed by atoms with van der Waals surface area (Å²) < 4.78 is 7.08.